The smallest absolute Gasteiger partial charge is 0.354 e. The molecule has 0 radical (unpaired) electrons. The Morgan fingerprint density at radius 2 is 2.32 bits per heavy atom. The third-order valence-corrected chi connectivity index (χ3v) is 3.04. The number of anilines is 1. The van der Waals surface area contributed by atoms with Crippen LogP contribution in [0, 0.1) is 6.92 Å². The van der Waals surface area contributed by atoms with Crippen molar-refractivity contribution in [1.29, 1.82) is 0 Å². The zero-order chi connectivity index (χ0) is 14.0. The lowest BCUT2D eigenvalue weighted by Gasteiger charge is -2.34. The average Bonchev–Trinajstić information content (AvgIpc) is 2.37. The van der Waals surface area contributed by atoms with Crippen molar-refractivity contribution in [2.24, 2.45) is 0 Å². The van der Waals surface area contributed by atoms with Gasteiger partial charge in [0.15, 0.2) is 5.69 Å². The van der Waals surface area contributed by atoms with Gasteiger partial charge in [-0.05, 0) is 19.4 Å². The van der Waals surface area contributed by atoms with Crippen molar-refractivity contribution in [2.75, 3.05) is 18.0 Å². The van der Waals surface area contributed by atoms with Gasteiger partial charge in [0.05, 0.1) is 0 Å². The minimum Gasteiger partial charge on any atom is -0.477 e. The third kappa shape index (κ3) is 2.64. The molecule has 1 aromatic heterocycles. The van der Waals surface area contributed by atoms with Gasteiger partial charge in [-0.15, -0.1) is 0 Å². The van der Waals surface area contributed by atoms with E-state index < -0.39 is 5.97 Å². The van der Waals surface area contributed by atoms with Gasteiger partial charge in [-0.3, -0.25) is 4.79 Å². The van der Waals surface area contributed by atoms with Crippen molar-refractivity contribution < 1.29 is 14.7 Å². The van der Waals surface area contributed by atoms with Crippen LogP contribution in [0.3, 0.4) is 0 Å². The highest BCUT2D eigenvalue weighted by molar-refractivity contribution is 5.87. The van der Waals surface area contributed by atoms with Crippen molar-refractivity contribution >= 4 is 17.8 Å². The molecule has 0 saturated carbocycles. The van der Waals surface area contributed by atoms with E-state index in [1.807, 2.05) is 6.92 Å². The number of amides is 1. The average molecular weight is 264 g/mol. The number of carbonyl (C=O) groups is 2. The fraction of sp³-hybridized carbons (Fsp3) is 0.500. The molecular weight excluding hydrogens is 248 g/mol. The lowest BCUT2D eigenvalue weighted by molar-refractivity contribution is -0.123. The van der Waals surface area contributed by atoms with Crippen LogP contribution in [-0.2, 0) is 4.79 Å². The van der Waals surface area contributed by atoms with Gasteiger partial charge in [-0.25, -0.2) is 14.8 Å². The summed E-state index contributed by atoms with van der Waals surface area (Å²) in [7, 11) is 0. The van der Waals surface area contributed by atoms with Gasteiger partial charge >= 0.3 is 5.97 Å². The Morgan fingerprint density at radius 3 is 2.95 bits per heavy atom. The molecule has 0 bridgehead atoms. The number of aryl methyl sites for hydroxylation is 1. The summed E-state index contributed by atoms with van der Waals surface area (Å²) in [5, 5.41) is 11.8. The Labute approximate surface area is 110 Å². The molecule has 1 aromatic rings. The summed E-state index contributed by atoms with van der Waals surface area (Å²) in [5.74, 6) is -0.865. The van der Waals surface area contributed by atoms with Crippen LogP contribution >= 0.6 is 0 Å². The van der Waals surface area contributed by atoms with E-state index in [4.69, 9.17) is 5.11 Å². The van der Waals surface area contributed by atoms with Crippen molar-refractivity contribution in [3.63, 3.8) is 0 Å². The fourth-order valence-electron chi connectivity index (χ4n) is 2.15. The standard InChI is InChI=1S/C12H16N4O3/c1-3-9-10(17)13-4-5-16(9)12-14-7(2)6-8(15-12)11(18)19/h6,9H,3-5H2,1-2H3,(H,13,17)(H,18,19). The molecule has 1 unspecified atom stereocenters. The second-order valence-electron chi connectivity index (χ2n) is 4.41. The first-order chi connectivity index (χ1) is 9.02. The third-order valence-electron chi connectivity index (χ3n) is 3.04. The molecule has 0 spiro atoms. The van der Waals surface area contributed by atoms with Gasteiger partial charge in [-0.2, -0.15) is 0 Å². The number of piperazine rings is 1. The van der Waals surface area contributed by atoms with Crippen LogP contribution in [0.5, 0.6) is 0 Å². The van der Waals surface area contributed by atoms with E-state index in [9.17, 15) is 9.59 Å². The molecule has 2 heterocycles. The minimum absolute atomic E-state index is 0.0525. The van der Waals surface area contributed by atoms with Gasteiger partial charge in [0.1, 0.15) is 6.04 Å². The summed E-state index contributed by atoms with van der Waals surface area (Å²) in [6, 6.07) is 1.06. The molecule has 1 aliphatic rings. The number of aromatic carboxylic acids is 1. The Kier molecular flexibility index (Phi) is 3.64. The van der Waals surface area contributed by atoms with Crippen molar-refractivity contribution in [3.05, 3.63) is 17.5 Å². The van der Waals surface area contributed by atoms with E-state index in [0.29, 0.717) is 31.2 Å². The monoisotopic (exact) mass is 264 g/mol. The predicted octanol–water partition coefficient (Wildman–Crippen LogP) is 0.198. The number of nitrogens with zero attached hydrogens (tertiary/aromatic N) is 3. The van der Waals surface area contributed by atoms with E-state index in [-0.39, 0.29) is 17.6 Å². The summed E-state index contributed by atoms with van der Waals surface area (Å²) in [5.41, 5.74) is 0.520. The molecule has 19 heavy (non-hydrogen) atoms. The molecule has 1 aliphatic heterocycles. The number of carboxylic acid groups (broad SMARTS) is 1. The molecule has 1 saturated heterocycles. The summed E-state index contributed by atoms with van der Waals surface area (Å²) in [6.07, 6.45) is 0.617. The van der Waals surface area contributed by atoms with Crippen LogP contribution in [0.25, 0.3) is 0 Å². The first-order valence-electron chi connectivity index (χ1n) is 6.16. The quantitative estimate of drug-likeness (QED) is 0.809. The number of rotatable bonds is 3. The molecule has 1 amide bonds. The molecule has 1 fully saturated rings. The number of aromatic nitrogens is 2. The molecular formula is C12H16N4O3. The number of hydrogen-bond acceptors (Lipinski definition) is 5. The molecule has 7 nitrogen and oxygen atoms in total. The first-order valence-corrected chi connectivity index (χ1v) is 6.16. The number of carboxylic acids is 1. The minimum atomic E-state index is -1.10. The SMILES string of the molecule is CCC1C(=O)NCCN1c1nc(C)cc(C(=O)O)n1. The van der Waals surface area contributed by atoms with E-state index in [1.165, 1.54) is 6.07 Å². The van der Waals surface area contributed by atoms with Crippen molar-refractivity contribution in [3.8, 4) is 0 Å². The maximum Gasteiger partial charge on any atom is 0.354 e. The van der Waals surface area contributed by atoms with Crippen molar-refractivity contribution in [2.45, 2.75) is 26.3 Å². The van der Waals surface area contributed by atoms with Gasteiger partial charge in [0.2, 0.25) is 11.9 Å². The van der Waals surface area contributed by atoms with Gasteiger partial charge in [0, 0.05) is 18.8 Å². The summed E-state index contributed by atoms with van der Waals surface area (Å²) >= 11 is 0. The highest BCUT2D eigenvalue weighted by atomic mass is 16.4. The molecule has 102 valence electrons. The zero-order valence-electron chi connectivity index (χ0n) is 10.9. The fourth-order valence-corrected chi connectivity index (χ4v) is 2.15. The molecule has 0 aromatic carbocycles. The molecule has 2 N–H and O–H groups in total. The van der Waals surface area contributed by atoms with Crippen LogP contribution in [-0.4, -0.2) is 46.1 Å². The first kappa shape index (κ1) is 13.3. The van der Waals surface area contributed by atoms with Crippen LogP contribution in [0.2, 0.25) is 0 Å². The Morgan fingerprint density at radius 1 is 1.58 bits per heavy atom. The van der Waals surface area contributed by atoms with Crippen LogP contribution in [0.15, 0.2) is 6.07 Å². The zero-order valence-corrected chi connectivity index (χ0v) is 10.9. The number of hydrogen-bond donors (Lipinski definition) is 2. The second-order valence-corrected chi connectivity index (χ2v) is 4.41. The van der Waals surface area contributed by atoms with E-state index in [2.05, 4.69) is 15.3 Å². The highest BCUT2D eigenvalue weighted by Gasteiger charge is 2.30. The molecule has 2 rings (SSSR count). The van der Waals surface area contributed by atoms with Crippen LogP contribution in [0.4, 0.5) is 5.95 Å². The summed E-state index contributed by atoms with van der Waals surface area (Å²) in [4.78, 5) is 32.8. The highest BCUT2D eigenvalue weighted by Crippen LogP contribution is 2.17. The molecule has 7 heteroatoms. The van der Waals surface area contributed by atoms with Gasteiger partial charge in [0.25, 0.3) is 0 Å². The number of nitrogens with one attached hydrogen (secondary N) is 1. The number of carbonyl (C=O) groups excluding carboxylic acids is 1. The molecule has 0 aliphatic carbocycles. The van der Waals surface area contributed by atoms with Crippen LogP contribution < -0.4 is 10.2 Å². The summed E-state index contributed by atoms with van der Waals surface area (Å²) in [6.45, 7) is 4.70. The second kappa shape index (κ2) is 5.21. The maximum atomic E-state index is 11.8. The maximum absolute atomic E-state index is 11.8. The Balaban J connectivity index is 2.39. The van der Waals surface area contributed by atoms with E-state index in [0.717, 1.165) is 0 Å². The van der Waals surface area contributed by atoms with Crippen molar-refractivity contribution in [1.82, 2.24) is 15.3 Å². The summed E-state index contributed by atoms with van der Waals surface area (Å²) < 4.78 is 0. The van der Waals surface area contributed by atoms with E-state index in [1.54, 1.807) is 11.8 Å². The normalized spacial score (nSPS) is 19.2. The van der Waals surface area contributed by atoms with Gasteiger partial charge in [-0.1, -0.05) is 6.92 Å². The Bertz CT molecular complexity index is 518. The lowest BCUT2D eigenvalue weighted by atomic mass is 10.1. The lowest BCUT2D eigenvalue weighted by Crippen LogP contribution is -2.55. The van der Waals surface area contributed by atoms with Gasteiger partial charge < -0.3 is 15.3 Å². The molecule has 1 atom stereocenters. The van der Waals surface area contributed by atoms with E-state index >= 15 is 0 Å². The van der Waals surface area contributed by atoms with Crippen LogP contribution in [0.1, 0.15) is 29.5 Å². The largest absolute Gasteiger partial charge is 0.477 e. The predicted molar refractivity (Wildman–Crippen MR) is 68.2 cm³/mol. The topological polar surface area (TPSA) is 95.4 Å². The Hall–Kier alpha value is -2.18.